The summed E-state index contributed by atoms with van der Waals surface area (Å²) in [6.45, 7) is 4.98. The molecule has 1 N–H and O–H groups in total. The van der Waals surface area contributed by atoms with Crippen molar-refractivity contribution in [3.63, 3.8) is 0 Å². The zero-order chi connectivity index (χ0) is 14.8. The Hall–Kier alpha value is -1.67. The predicted molar refractivity (Wildman–Crippen MR) is 85.8 cm³/mol. The van der Waals surface area contributed by atoms with E-state index in [0.717, 1.165) is 16.7 Å². The summed E-state index contributed by atoms with van der Waals surface area (Å²) >= 11 is 0. The summed E-state index contributed by atoms with van der Waals surface area (Å²) in [6.07, 6.45) is 2.45. The molecule has 0 aliphatic heterocycles. The molecule has 0 saturated heterocycles. The van der Waals surface area contributed by atoms with Crippen molar-refractivity contribution in [2.75, 3.05) is 0 Å². The van der Waals surface area contributed by atoms with E-state index in [4.69, 9.17) is 0 Å². The summed E-state index contributed by atoms with van der Waals surface area (Å²) in [5.41, 5.74) is 4.08. The quantitative estimate of drug-likeness (QED) is 0.825. The highest BCUT2D eigenvalue weighted by Crippen LogP contribution is 2.25. The molecular weight excluding hydrogens is 261 g/mol. The van der Waals surface area contributed by atoms with Gasteiger partial charge in [0.2, 0.25) is 0 Å². The Morgan fingerprint density at radius 3 is 2.29 bits per heavy atom. The molecule has 110 valence electrons. The Kier molecular flexibility index (Phi) is 4.07. The molecule has 0 atom stereocenters. The van der Waals surface area contributed by atoms with Crippen molar-refractivity contribution in [1.29, 1.82) is 0 Å². The van der Waals surface area contributed by atoms with Gasteiger partial charge in [0.25, 0.3) is 0 Å². The van der Waals surface area contributed by atoms with Crippen LogP contribution in [0.5, 0.6) is 0 Å². The molecule has 0 bridgehead atoms. The van der Waals surface area contributed by atoms with Crippen LogP contribution in [0, 0.1) is 5.82 Å². The van der Waals surface area contributed by atoms with Gasteiger partial charge >= 0.3 is 0 Å². The lowest BCUT2D eigenvalue weighted by Crippen LogP contribution is -2.16. The molecule has 1 aliphatic carbocycles. The first kappa shape index (κ1) is 14.3. The lowest BCUT2D eigenvalue weighted by atomic mass is 9.98. The van der Waals surface area contributed by atoms with Crippen LogP contribution in [0.15, 0.2) is 42.5 Å². The maximum absolute atomic E-state index is 14.2. The molecule has 0 spiro atoms. The van der Waals surface area contributed by atoms with Crippen LogP contribution in [-0.4, -0.2) is 6.04 Å². The molecule has 21 heavy (non-hydrogen) atoms. The van der Waals surface area contributed by atoms with Gasteiger partial charge in [-0.05, 0) is 41.5 Å². The van der Waals surface area contributed by atoms with Crippen LogP contribution in [0.3, 0.4) is 0 Å². The Balaban J connectivity index is 1.76. The van der Waals surface area contributed by atoms with Gasteiger partial charge in [-0.1, -0.05) is 50.2 Å². The first-order chi connectivity index (χ1) is 10.1. The van der Waals surface area contributed by atoms with Crippen molar-refractivity contribution < 1.29 is 4.39 Å². The fourth-order valence-electron chi connectivity index (χ4n) is 2.47. The first-order valence-corrected chi connectivity index (χ1v) is 7.75. The topological polar surface area (TPSA) is 12.0 Å². The number of halogens is 1. The lowest BCUT2D eigenvalue weighted by Gasteiger charge is -2.09. The molecule has 1 saturated carbocycles. The SMILES string of the molecule is CC(C)c1ccc(-c2ccc(CNC3CC3)c(F)c2)cc1. The highest BCUT2D eigenvalue weighted by Gasteiger charge is 2.20. The van der Waals surface area contributed by atoms with E-state index in [1.54, 1.807) is 6.07 Å². The van der Waals surface area contributed by atoms with Gasteiger partial charge in [0.1, 0.15) is 5.82 Å². The van der Waals surface area contributed by atoms with Gasteiger partial charge in [0, 0.05) is 18.2 Å². The van der Waals surface area contributed by atoms with E-state index in [2.05, 4.69) is 43.4 Å². The van der Waals surface area contributed by atoms with Crippen molar-refractivity contribution in [2.24, 2.45) is 0 Å². The van der Waals surface area contributed by atoms with Crippen LogP contribution in [0.2, 0.25) is 0 Å². The van der Waals surface area contributed by atoms with Gasteiger partial charge in [-0.2, -0.15) is 0 Å². The van der Waals surface area contributed by atoms with Gasteiger partial charge in [-0.3, -0.25) is 0 Å². The van der Waals surface area contributed by atoms with E-state index in [-0.39, 0.29) is 5.82 Å². The standard InChI is InChI=1S/C19H22FN/c1-13(2)14-3-5-15(6-4-14)16-7-8-17(19(20)11-16)12-21-18-9-10-18/h3-8,11,13,18,21H,9-10,12H2,1-2H3. The van der Waals surface area contributed by atoms with Gasteiger partial charge in [0.15, 0.2) is 0 Å². The van der Waals surface area contributed by atoms with Crippen LogP contribution in [0.1, 0.15) is 43.7 Å². The largest absolute Gasteiger partial charge is 0.310 e. The minimum absolute atomic E-state index is 0.117. The van der Waals surface area contributed by atoms with Crippen molar-refractivity contribution in [2.45, 2.75) is 45.2 Å². The van der Waals surface area contributed by atoms with Crippen LogP contribution in [-0.2, 0) is 6.54 Å². The van der Waals surface area contributed by atoms with Crippen LogP contribution >= 0.6 is 0 Å². The van der Waals surface area contributed by atoms with E-state index in [0.29, 0.717) is 18.5 Å². The van der Waals surface area contributed by atoms with Crippen LogP contribution < -0.4 is 5.32 Å². The number of hydrogen-bond donors (Lipinski definition) is 1. The number of hydrogen-bond acceptors (Lipinski definition) is 1. The van der Waals surface area contributed by atoms with Crippen molar-refractivity contribution in [1.82, 2.24) is 5.32 Å². The number of rotatable bonds is 5. The molecule has 1 aliphatic rings. The second-order valence-electron chi connectivity index (χ2n) is 6.24. The Labute approximate surface area is 126 Å². The minimum Gasteiger partial charge on any atom is -0.310 e. The van der Waals surface area contributed by atoms with Crippen LogP contribution in [0.25, 0.3) is 11.1 Å². The van der Waals surface area contributed by atoms with Crippen molar-refractivity contribution in [3.05, 3.63) is 59.4 Å². The molecule has 1 fully saturated rings. The highest BCUT2D eigenvalue weighted by molar-refractivity contribution is 5.64. The third-order valence-electron chi connectivity index (χ3n) is 4.12. The molecule has 3 rings (SSSR count). The van der Waals surface area contributed by atoms with Gasteiger partial charge in [-0.25, -0.2) is 4.39 Å². The molecule has 2 aromatic carbocycles. The normalized spacial score (nSPS) is 14.7. The van der Waals surface area contributed by atoms with Crippen molar-refractivity contribution in [3.8, 4) is 11.1 Å². The average molecular weight is 283 g/mol. The molecular formula is C19H22FN. The smallest absolute Gasteiger partial charge is 0.128 e. The third-order valence-corrected chi connectivity index (χ3v) is 4.12. The molecule has 2 aromatic rings. The van der Waals surface area contributed by atoms with E-state index in [1.165, 1.54) is 18.4 Å². The Morgan fingerprint density at radius 1 is 1.05 bits per heavy atom. The highest BCUT2D eigenvalue weighted by atomic mass is 19.1. The molecule has 0 unspecified atom stereocenters. The zero-order valence-electron chi connectivity index (χ0n) is 12.7. The molecule has 0 amide bonds. The van der Waals surface area contributed by atoms with Gasteiger partial charge in [-0.15, -0.1) is 0 Å². The third kappa shape index (κ3) is 3.51. The van der Waals surface area contributed by atoms with E-state index in [1.807, 2.05) is 12.1 Å². The van der Waals surface area contributed by atoms with Crippen molar-refractivity contribution >= 4 is 0 Å². The van der Waals surface area contributed by atoms with Gasteiger partial charge < -0.3 is 5.32 Å². The van der Waals surface area contributed by atoms with E-state index >= 15 is 0 Å². The predicted octanol–water partition coefficient (Wildman–Crippen LogP) is 4.87. The second-order valence-corrected chi connectivity index (χ2v) is 6.24. The Morgan fingerprint density at radius 2 is 1.71 bits per heavy atom. The molecule has 1 nitrogen and oxygen atoms in total. The summed E-state index contributed by atoms with van der Waals surface area (Å²) in [5, 5.41) is 3.35. The maximum atomic E-state index is 14.2. The average Bonchev–Trinajstić information content (AvgIpc) is 3.30. The zero-order valence-corrected chi connectivity index (χ0v) is 12.7. The maximum Gasteiger partial charge on any atom is 0.128 e. The summed E-state index contributed by atoms with van der Waals surface area (Å²) in [4.78, 5) is 0. The van der Waals surface area contributed by atoms with Gasteiger partial charge in [0.05, 0.1) is 0 Å². The first-order valence-electron chi connectivity index (χ1n) is 7.75. The molecule has 0 aromatic heterocycles. The lowest BCUT2D eigenvalue weighted by molar-refractivity contribution is 0.587. The monoisotopic (exact) mass is 283 g/mol. The summed E-state index contributed by atoms with van der Waals surface area (Å²) < 4.78 is 14.2. The minimum atomic E-state index is -0.117. The second kappa shape index (κ2) is 5.98. The fraction of sp³-hybridized carbons (Fsp3) is 0.368. The summed E-state index contributed by atoms with van der Waals surface area (Å²) in [5.74, 6) is 0.403. The van der Waals surface area contributed by atoms with Crippen LogP contribution in [0.4, 0.5) is 4.39 Å². The molecule has 0 radical (unpaired) electrons. The summed E-state index contributed by atoms with van der Waals surface area (Å²) in [6, 6.07) is 14.6. The molecule has 0 heterocycles. The molecule has 2 heteroatoms. The van der Waals surface area contributed by atoms with E-state index < -0.39 is 0 Å². The summed E-state index contributed by atoms with van der Waals surface area (Å²) in [7, 11) is 0. The Bertz CT molecular complexity index is 612. The number of nitrogens with one attached hydrogen (secondary N) is 1. The number of benzene rings is 2. The van der Waals surface area contributed by atoms with E-state index in [9.17, 15) is 4.39 Å². The fourth-order valence-corrected chi connectivity index (χ4v) is 2.47.